The van der Waals surface area contributed by atoms with Crippen molar-refractivity contribution in [3.63, 3.8) is 0 Å². The van der Waals surface area contributed by atoms with Crippen LogP contribution in [0.5, 0.6) is 0 Å². The third-order valence-electron chi connectivity index (χ3n) is 4.07. The minimum Gasteiger partial charge on any atom is -0.454 e. The van der Waals surface area contributed by atoms with Crippen molar-refractivity contribution in [2.45, 2.75) is 20.3 Å². The Morgan fingerprint density at radius 3 is 2.67 bits per heavy atom. The van der Waals surface area contributed by atoms with Gasteiger partial charge in [-0.1, -0.05) is 42.8 Å². The predicted molar refractivity (Wildman–Crippen MR) is 93.5 cm³/mol. The van der Waals surface area contributed by atoms with E-state index in [2.05, 4.69) is 11.9 Å². The maximum Gasteiger partial charge on any atom is 0.338 e. The normalized spacial score (nSPS) is 10.8. The SMILES string of the molecule is CCc1cccc2c(C(=O)COC(=O)c3cccc(C)c3)c[nH]c12. The molecule has 0 spiro atoms. The second-order valence-corrected chi connectivity index (χ2v) is 5.76. The van der Waals surface area contributed by atoms with Gasteiger partial charge < -0.3 is 9.72 Å². The predicted octanol–water partition coefficient (Wildman–Crippen LogP) is 4.08. The number of hydrogen-bond acceptors (Lipinski definition) is 3. The van der Waals surface area contributed by atoms with E-state index in [1.807, 2.05) is 31.2 Å². The third kappa shape index (κ3) is 3.08. The number of ketones is 1. The molecule has 0 aliphatic heterocycles. The highest BCUT2D eigenvalue weighted by Crippen LogP contribution is 2.22. The lowest BCUT2D eigenvalue weighted by atomic mass is 10.1. The zero-order valence-corrected chi connectivity index (χ0v) is 13.8. The summed E-state index contributed by atoms with van der Waals surface area (Å²) in [5.74, 6) is -0.698. The number of nitrogens with one attached hydrogen (secondary N) is 1. The molecule has 0 aliphatic carbocycles. The number of rotatable bonds is 5. The topological polar surface area (TPSA) is 59.2 Å². The van der Waals surface area contributed by atoms with Gasteiger partial charge in [0.1, 0.15) is 0 Å². The van der Waals surface area contributed by atoms with E-state index in [9.17, 15) is 9.59 Å². The van der Waals surface area contributed by atoms with Crippen LogP contribution in [-0.4, -0.2) is 23.3 Å². The number of aromatic amines is 1. The number of hydrogen-bond donors (Lipinski definition) is 1. The zero-order chi connectivity index (χ0) is 17.1. The van der Waals surface area contributed by atoms with Crippen molar-refractivity contribution >= 4 is 22.7 Å². The Bertz CT molecular complexity index is 908. The van der Waals surface area contributed by atoms with Crippen LogP contribution >= 0.6 is 0 Å². The summed E-state index contributed by atoms with van der Waals surface area (Å²) in [6.45, 7) is 3.70. The molecule has 1 aromatic heterocycles. The van der Waals surface area contributed by atoms with Crippen molar-refractivity contribution in [3.8, 4) is 0 Å². The van der Waals surface area contributed by atoms with Gasteiger partial charge in [-0.25, -0.2) is 4.79 Å². The molecule has 4 nitrogen and oxygen atoms in total. The average molecular weight is 321 g/mol. The number of H-pyrrole nitrogens is 1. The lowest BCUT2D eigenvalue weighted by molar-refractivity contribution is 0.0475. The van der Waals surface area contributed by atoms with E-state index in [1.54, 1.807) is 24.4 Å². The van der Waals surface area contributed by atoms with Gasteiger partial charge in [0, 0.05) is 22.7 Å². The van der Waals surface area contributed by atoms with Crippen LogP contribution in [0.4, 0.5) is 0 Å². The molecule has 4 heteroatoms. The lowest BCUT2D eigenvalue weighted by Gasteiger charge is -2.05. The van der Waals surface area contributed by atoms with Crippen LogP contribution in [0.2, 0.25) is 0 Å². The number of ether oxygens (including phenoxy) is 1. The molecule has 0 fully saturated rings. The highest BCUT2D eigenvalue weighted by Gasteiger charge is 2.16. The molecule has 122 valence electrons. The number of aromatic nitrogens is 1. The van der Waals surface area contributed by atoms with Gasteiger partial charge in [-0.2, -0.15) is 0 Å². The molecule has 0 saturated heterocycles. The summed E-state index contributed by atoms with van der Waals surface area (Å²) < 4.78 is 5.17. The fraction of sp³-hybridized carbons (Fsp3) is 0.200. The van der Waals surface area contributed by atoms with E-state index in [-0.39, 0.29) is 12.4 Å². The van der Waals surface area contributed by atoms with Crippen LogP contribution in [0.25, 0.3) is 10.9 Å². The second kappa shape index (κ2) is 6.71. The van der Waals surface area contributed by atoms with Crippen molar-refractivity contribution in [2.24, 2.45) is 0 Å². The molecule has 0 amide bonds. The van der Waals surface area contributed by atoms with Crippen molar-refractivity contribution in [1.29, 1.82) is 0 Å². The van der Waals surface area contributed by atoms with Crippen LogP contribution in [0.15, 0.2) is 48.7 Å². The molecule has 0 bridgehead atoms. The number of carbonyl (C=O) groups is 2. The highest BCUT2D eigenvalue weighted by atomic mass is 16.5. The second-order valence-electron chi connectivity index (χ2n) is 5.76. The fourth-order valence-corrected chi connectivity index (χ4v) is 2.81. The van der Waals surface area contributed by atoms with Gasteiger partial charge in [0.25, 0.3) is 0 Å². The molecule has 24 heavy (non-hydrogen) atoms. The average Bonchev–Trinajstić information content (AvgIpc) is 3.03. The Labute approximate surface area is 140 Å². The van der Waals surface area contributed by atoms with E-state index >= 15 is 0 Å². The van der Waals surface area contributed by atoms with E-state index in [0.29, 0.717) is 11.1 Å². The molecule has 0 atom stereocenters. The Hall–Kier alpha value is -2.88. The van der Waals surface area contributed by atoms with Gasteiger partial charge in [0.05, 0.1) is 5.56 Å². The van der Waals surface area contributed by atoms with E-state index in [1.165, 1.54) is 0 Å². The van der Waals surface area contributed by atoms with Crippen LogP contribution < -0.4 is 0 Å². The minimum atomic E-state index is -0.485. The summed E-state index contributed by atoms with van der Waals surface area (Å²) in [6.07, 6.45) is 2.57. The first-order chi connectivity index (χ1) is 11.6. The van der Waals surface area contributed by atoms with Gasteiger partial charge in [0.2, 0.25) is 5.78 Å². The zero-order valence-electron chi connectivity index (χ0n) is 13.8. The van der Waals surface area contributed by atoms with Crippen molar-refractivity contribution < 1.29 is 14.3 Å². The molecule has 1 heterocycles. The number of aryl methyl sites for hydroxylation is 2. The van der Waals surface area contributed by atoms with Crippen LogP contribution in [0.3, 0.4) is 0 Å². The summed E-state index contributed by atoms with van der Waals surface area (Å²) in [5, 5.41) is 0.867. The Kier molecular flexibility index (Phi) is 4.47. The lowest BCUT2D eigenvalue weighted by Crippen LogP contribution is -2.14. The van der Waals surface area contributed by atoms with Crippen LogP contribution in [0.1, 0.15) is 38.8 Å². The third-order valence-corrected chi connectivity index (χ3v) is 4.07. The van der Waals surface area contributed by atoms with Crippen LogP contribution in [-0.2, 0) is 11.2 Å². The molecule has 0 radical (unpaired) electrons. The molecule has 3 rings (SSSR count). The van der Waals surface area contributed by atoms with E-state index in [4.69, 9.17) is 4.74 Å². The number of Topliss-reactive ketones (excluding diaryl/α,β-unsaturated/α-hetero) is 1. The number of para-hydroxylation sites is 1. The summed E-state index contributed by atoms with van der Waals surface area (Å²) in [5.41, 5.74) is 4.10. The van der Waals surface area contributed by atoms with Crippen molar-refractivity contribution in [3.05, 3.63) is 70.9 Å². The van der Waals surface area contributed by atoms with Crippen molar-refractivity contribution in [1.82, 2.24) is 4.98 Å². The molecule has 3 aromatic rings. The minimum absolute atomic E-state index is 0.212. The summed E-state index contributed by atoms with van der Waals surface area (Å²) in [4.78, 5) is 27.6. The van der Waals surface area contributed by atoms with E-state index < -0.39 is 5.97 Å². The first kappa shape index (κ1) is 16.0. The molecule has 0 unspecified atom stereocenters. The van der Waals surface area contributed by atoms with Gasteiger partial charge >= 0.3 is 5.97 Å². The fourth-order valence-electron chi connectivity index (χ4n) is 2.81. The maximum atomic E-state index is 12.4. The van der Waals surface area contributed by atoms with Gasteiger partial charge in [-0.05, 0) is 31.0 Å². The van der Waals surface area contributed by atoms with Crippen molar-refractivity contribution in [2.75, 3.05) is 6.61 Å². The van der Waals surface area contributed by atoms with Gasteiger partial charge in [-0.15, -0.1) is 0 Å². The highest BCUT2D eigenvalue weighted by molar-refractivity contribution is 6.09. The first-order valence-corrected chi connectivity index (χ1v) is 7.96. The quantitative estimate of drug-likeness (QED) is 0.569. The van der Waals surface area contributed by atoms with Crippen LogP contribution in [0, 0.1) is 6.92 Å². The molecule has 0 aliphatic rings. The summed E-state index contributed by atoms with van der Waals surface area (Å²) >= 11 is 0. The Balaban J connectivity index is 1.75. The number of fused-ring (bicyclic) bond motifs is 1. The maximum absolute atomic E-state index is 12.4. The molecule has 2 aromatic carbocycles. The Morgan fingerprint density at radius 2 is 1.92 bits per heavy atom. The van der Waals surface area contributed by atoms with Gasteiger partial charge in [-0.3, -0.25) is 4.79 Å². The van der Waals surface area contributed by atoms with Gasteiger partial charge in [0.15, 0.2) is 6.61 Å². The number of esters is 1. The molecular formula is C20H19NO3. The largest absolute Gasteiger partial charge is 0.454 e. The standard InChI is InChI=1S/C20H19NO3/c1-3-14-7-5-9-16-17(11-21-19(14)16)18(22)12-24-20(23)15-8-4-6-13(2)10-15/h4-11,21H,3,12H2,1-2H3. The molecule has 1 N–H and O–H groups in total. The summed E-state index contributed by atoms with van der Waals surface area (Å²) in [7, 11) is 0. The number of benzene rings is 2. The smallest absolute Gasteiger partial charge is 0.338 e. The molecular weight excluding hydrogens is 302 g/mol. The summed E-state index contributed by atoms with van der Waals surface area (Å²) in [6, 6.07) is 13.0. The van der Waals surface area contributed by atoms with E-state index in [0.717, 1.165) is 28.5 Å². The first-order valence-electron chi connectivity index (χ1n) is 7.96. The molecule has 0 saturated carbocycles. The monoisotopic (exact) mass is 321 g/mol. The number of carbonyl (C=O) groups excluding carboxylic acids is 2. The Morgan fingerprint density at radius 1 is 1.12 bits per heavy atom.